The molecule has 5 nitrogen and oxygen atoms in total. The molecule has 2 heterocycles. The van der Waals surface area contributed by atoms with Crippen molar-refractivity contribution < 1.29 is 19.1 Å². The molecule has 1 amide bonds. The number of aryl methyl sites for hydroxylation is 1. The van der Waals surface area contributed by atoms with Gasteiger partial charge in [-0.25, -0.2) is 4.79 Å². The van der Waals surface area contributed by atoms with Crippen LogP contribution in [-0.2, 0) is 27.2 Å². The first kappa shape index (κ1) is 19.1. The van der Waals surface area contributed by atoms with Crippen LogP contribution in [0.25, 0.3) is 0 Å². The number of amides is 1. The summed E-state index contributed by atoms with van der Waals surface area (Å²) in [6, 6.07) is 0. The number of piperidine rings is 1. The van der Waals surface area contributed by atoms with Crippen LogP contribution in [0.2, 0.25) is 0 Å². The quantitative estimate of drug-likeness (QED) is 0.756. The van der Waals surface area contributed by atoms with Crippen LogP contribution < -0.4 is 0 Å². The van der Waals surface area contributed by atoms with Crippen LogP contribution in [0.5, 0.6) is 0 Å². The Bertz CT molecular complexity index is 727. The number of ketones is 1. The third-order valence-corrected chi connectivity index (χ3v) is 6.42. The van der Waals surface area contributed by atoms with Gasteiger partial charge < -0.3 is 9.64 Å². The van der Waals surface area contributed by atoms with Crippen molar-refractivity contribution in [1.82, 2.24) is 4.90 Å². The number of carbonyl (C=O) groups is 3. The Hall–Kier alpha value is -1.69. The number of esters is 1. The fourth-order valence-corrected chi connectivity index (χ4v) is 5.73. The third-order valence-electron chi connectivity index (χ3n) is 5.33. The van der Waals surface area contributed by atoms with Crippen LogP contribution in [0.4, 0.5) is 0 Å². The van der Waals surface area contributed by atoms with Gasteiger partial charge in [0.05, 0.1) is 5.56 Å². The highest BCUT2D eigenvalue weighted by atomic mass is 32.1. The number of ether oxygens (including phenoxy) is 1. The van der Waals surface area contributed by atoms with E-state index in [9.17, 15) is 14.4 Å². The number of fused-ring (bicyclic) bond motifs is 1. The van der Waals surface area contributed by atoms with E-state index in [1.807, 2.05) is 33.1 Å². The fraction of sp³-hybridized carbons (Fsp3) is 0.650. The molecule has 0 atom stereocenters. The average molecular weight is 378 g/mol. The molecular weight excluding hydrogens is 350 g/mol. The second-order valence-corrected chi connectivity index (χ2v) is 9.54. The first-order valence-electron chi connectivity index (χ1n) is 9.23. The zero-order valence-corrected chi connectivity index (χ0v) is 16.8. The molecule has 0 saturated carbocycles. The van der Waals surface area contributed by atoms with E-state index in [0.717, 1.165) is 24.8 Å². The van der Waals surface area contributed by atoms with E-state index in [-0.39, 0.29) is 18.3 Å². The Morgan fingerprint density at radius 3 is 2.38 bits per heavy atom. The van der Waals surface area contributed by atoms with Crippen molar-refractivity contribution in [3.63, 3.8) is 0 Å². The topological polar surface area (TPSA) is 63.7 Å². The van der Waals surface area contributed by atoms with Crippen LogP contribution >= 0.6 is 11.3 Å². The van der Waals surface area contributed by atoms with Gasteiger partial charge in [-0.3, -0.25) is 9.59 Å². The van der Waals surface area contributed by atoms with Crippen molar-refractivity contribution in [3.05, 3.63) is 21.4 Å². The molecule has 0 N–H and O–H groups in total. The van der Waals surface area contributed by atoms with E-state index in [0.29, 0.717) is 18.4 Å². The molecule has 1 aromatic heterocycles. The summed E-state index contributed by atoms with van der Waals surface area (Å²) >= 11 is 1.61. The smallest absolute Gasteiger partial charge is 0.339 e. The Morgan fingerprint density at radius 1 is 1.12 bits per heavy atom. The Balaban J connectivity index is 1.69. The Kier molecular flexibility index (Phi) is 4.99. The lowest BCUT2D eigenvalue weighted by Crippen LogP contribution is -2.63. The highest BCUT2D eigenvalue weighted by molar-refractivity contribution is 7.10. The molecule has 1 saturated heterocycles. The molecule has 0 aromatic carbocycles. The van der Waals surface area contributed by atoms with Crippen molar-refractivity contribution in [3.8, 4) is 0 Å². The van der Waals surface area contributed by atoms with Crippen LogP contribution in [0.3, 0.4) is 0 Å². The van der Waals surface area contributed by atoms with Crippen molar-refractivity contribution in [2.75, 3.05) is 6.61 Å². The Labute approximate surface area is 158 Å². The molecule has 0 bridgehead atoms. The summed E-state index contributed by atoms with van der Waals surface area (Å²) in [5.74, 6) is -0.502. The highest BCUT2D eigenvalue weighted by Crippen LogP contribution is 2.36. The van der Waals surface area contributed by atoms with Crippen LogP contribution in [-0.4, -0.2) is 40.2 Å². The van der Waals surface area contributed by atoms with Gasteiger partial charge in [0.25, 0.3) is 5.91 Å². The van der Waals surface area contributed by atoms with Gasteiger partial charge in [0, 0.05) is 34.2 Å². The van der Waals surface area contributed by atoms with Gasteiger partial charge in [-0.15, -0.1) is 11.3 Å². The largest absolute Gasteiger partial charge is 0.452 e. The molecule has 142 valence electrons. The molecule has 1 aliphatic carbocycles. The van der Waals surface area contributed by atoms with Crippen molar-refractivity contribution in [2.45, 2.75) is 77.3 Å². The molecule has 0 unspecified atom stereocenters. The van der Waals surface area contributed by atoms with Crippen molar-refractivity contribution >= 4 is 29.0 Å². The van der Waals surface area contributed by atoms with E-state index >= 15 is 0 Å². The maximum absolute atomic E-state index is 12.8. The van der Waals surface area contributed by atoms with Crippen LogP contribution in [0, 0.1) is 0 Å². The zero-order chi connectivity index (χ0) is 19.1. The summed E-state index contributed by atoms with van der Waals surface area (Å²) in [6.07, 6.45) is 4.84. The minimum Gasteiger partial charge on any atom is -0.452 e. The number of carbonyl (C=O) groups excluding carboxylic acids is 3. The van der Waals surface area contributed by atoms with Gasteiger partial charge in [0.15, 0.2) is 6.61 Å². The minimum atomic E-state index is -0.579. The summed E-state index contributed by atoms with van der Waals surface area (Å²) in [6.45, 7) is 7.27. The van der Waals surface area contributed by atoms with Crippen LogP contribution in [0.1, 0.15) is 74.2 Å². The predicted molar refractivity (Wildman–Crippen MR) is 100 cm³/mol. The lowest BCUT2D eigenvalue weighted by molar-refractivity contribution is -0.156. The Morgan fingerprint density at radius 2 is 1.73 bits per heavy atom. The van der Waals surface area contributed by atoms with Crippen molar-refractivity contribution in [1.29, 1.82) is 0 Å². The zero-order valence-electron chi connectivity index (χ0n) is 16.0. The van der Waals surface area contributed by atoms with E-state index < -0.39 is 17.0 Å². The summed E-state index contributed by atoms with van der Waals surface area (Å²) in [4.78, 5) is 40.3. The molecular formula is C20H27NO4S. The number of nitrogens with zero attached hydrogens (tertiary/aromatic N) is 1. The second-order valence-electron chi connectivity index (χ2n) is 8.58. The van der Waals surface area contributed by atoms with Gasteiger partial charge in [-0.05, 0) is 58.9 Å². The average Bonchev–Trinajstić information content (AvgIpc) is 2.93. The molecule has 2 aliphatic rings. The molecule has 26 heavy (non-hydrogen) atoms. The normalized spacial score (nSPS) is 21.2. The van der Waals surface area contributed by atoms with Crippen LogP contribution in [0.15, 0.2) is 5.38 Å². The number of Topliss-reactive ketones (excluding diaryl/α,β-unsaturated/α-hetero) is 1. The molecule has 6 heteroatoms. The molecule has 0 radical (unpaired) electrons. The SMILES string of the molecule is CC1(C)CC(=O)CC(C)(C)N1C(=O)COC(=O)c1csc2c1CCCC2. The number of thiophene rings is 1. The lowest BCUT2D eigenvalue weighted by atomic mass is 9.79. The molecule has 1 fully saturated rings. The van der Waals surface area contributed by atoms with Gasteiger partial charge in [0.2, 0.25) is 0 Å². The first-order valence-corrected chi connectivity index (χ1v) is 10.1. The lowest BCUT2D eigenvalue weighted by Gasteiger charge is -2.51. The minimum absolute atomic E-state index is 0.158. The highest BCUT2D eigenvalue weighted by Gasteiger charge is 2.47. The summed E-state index contributed by atoms with van der Waals surface area (Å²) < 4.78 is 5.37. The van der Waals surface area contributed by atoms with E-state index in [2.05, 4.69) is 0 Å². The predicted octanol–water partition coefficient (Wildman–Crippen LogP) is 3.53. The first-order chi connectivity index (χ1) is 12.1. The number of likely N-dealkylation sites (tertiary alicyclic amines) is 1. The number of rotatable bonds is 3. The second kappa shape index (κ2) is 6.80. The van der Waals surface area contributed by atoms with Crippen molar-refractivity contribution in [2.24, 2.45) is 0 Å². The maximum atomic E-state index is 12.8. The standard InChI is InChI=1S/C20H27NO4S/c1-19(2)9-13(22)10-20(3,4)21(19)17(23)11-25-18(24)15-12-26-16-8-6-5-7-14(15)16/h12H,5-11H2,1-4H3. The molecule has 1 aromatic rings. The number of hydrogen-bond acceptors (Lipinski definition) is 5. The van der Waals surface area contributed by atoms with E-state index in [4.69, 9.17) is 4.74 Å². The van der Waals surface area contributed by atoms with E-state index in [1.54, 1.807) is 16.2 Å². The number of hydrogen-bond donors (Lipinski definition) is 0. The molecule has 0 spiro atoms. The fourth-order valence-electron chi connectivity index (χ4n) is 4.61. The monoisotopic (exact) mass is 377 g/mol. The van der Waals surface area contributed by atoms with E-state index in [1.165, 1.54) is 11.3 Å². The van der Waals surface area contributed by atoms with Gasteiger partial charge in [-0.1, -0.05) is 0 Å². The molecule has 3 rings (SSSR count). The maximum Gasteiger partial charge on any atom is 0.339 e. The molecule has 1 aliphatic heterocycles. The summed E-state index contributed by atoms with van der Waals surface area (Å²) in [5.41, 5.74) is 0.557. The van der Waals surface area contributed by atoms with Gasteiger partial charge >= 0.3 is 5.97 Å². The third kappa shape index (κ3) is 3.56. The summed E-state index contributed by atoms with van der Waals surface area (Å²) in [5, 5.41) is 1.86. The van der Waals surface area contributed by atoms with Gasteiger partial charge in [-0.2, -0.15) is 0 Å². The van der Waals surface area contributed by atoms with Gasteiger partial charge in [0.1, 0.15) is 5.78 Å². The summed E-state index contributed by atoms with van der Waals surface area (Å²) in [7, 11) is 0.